The first-order chi connectivity index (χ1) is 10.8. The molecule has 1 aliphatic rings. The van der Waals surface area contributed by atoms with Gasteiger partial charge in [-0.15, -0.1) is 0 Å². The molecule has 0 spiro atoms. The van der Waals surface area contributed by atoms with Crippen LogP contribution >= 0.6 is 0 Å². The van der Waals surface area contributed by atoms with E-state index in [1.807, 2.05) is 0 Å². The maximum atomic E-state index is 11.8. The van der Waals surface area contributed by atoms with Gasteiger partial charge in [0.2, 0.25) is 0 Å². The Morgan fingerprint density at radius 2 is 1.52 bits per heavy atom. The summed E-state index contributed by atoms with van der Waals surface area (Å²) in [7, 11) is 0. The molecule has 0 aliphatic heterocycles. The van der Waals surface area contributed by atoms with E-state index in [9.17, 15) is 24.3 Å². The summed E-state index contributed by atoms with van der Waals surface area (Å²) in [6.45, 7) is 0. The van der Waals surface area contributed by atoms with Crippen LogP contribution in [0, 0.1) is 11.8 Å². The molecule has 7 nitrogen and oxygen atoms in total. The number of Topliss-reactive ketones (excluding diaryl/α,β-unsaturated/α-hetero) is 2. The normalized spacial score (nSPS) is 23.9. The second kappa shape index (κ2) is 9.39. The molecule has 1 unspecified atom stereocenters. The third-order valence-electron chi connectivity index (χ3n) is 4.36. The highest BCUT2D eigenvalue weighted by Crippen LogP contribution is 2.35. The lowest BCUT2D eigenvalue weighted by atomic mass is 9.85. The predicted octanol–water partition coefficient (Wildman–Crippen LogP) is 1.41. The van der Waals surface area contributed by atoms with Gasteiger partial charge < -0.3 is 15.3 Å². The number of aliphatic hydroxyl groups is 1. The van der Waals surface area contributed by atoms with E-state index in [0.717, 1.165) is 0 Å². The molecule has 3 N–H and O–H groups in total. The first-order valence-electron chi connectivity index (χ1n) is 7.97. The van der Waals surface area contributed by atoms with Crippen molar-refractivity contribution < 1.29 is 34.5 Å². The van der Waals surface area contributed by atoms with E-state index in [4.69, 9.17) is 10.2 Å². The molecule has 1 saturated carbocycles. The molecule has 0 amide bonds. The van der Waals surface area contributed by atoms with Gasteiger partial charge in [0.15, 0.2) is 0 Å². The van der Waals surface area contributed by atoms with Gasteiger partial charge in [-0.3, -0.25) is 19.2 Å². The summed E-state index contributed by atoms with van der Waals surface area (Å²) in [6, 6.07) is 0. The predicted molar refractivity (Wildman–Crippen MR) is 79.8 cm³/mol. The number of aliphatic carboxylic acids is 2. The van der Waals surface area contributed by atoms with E-state index in [2.05, 4.69) is 0 Å². The van der Waals surface area contributed by atoms with Crippen LogP contribution in [0.5, 0.6) is 0 Å². The van der Waals surface area contributed by atoms with Crippen molar-refractivity contribution in [3.63, 3.8) is 0 Å². The second-order valence-corrected chi connectivity index (χ2v) is 6.12. The molecular formula is C16H24O7. The van der Waals surface area contributed by atoms with Crippen molar-refractivity contribution >= 4 is 23.5 Å². The molecule has 130 valence electrons. The van der Waals surface area contributed by atoms with Gasteiger partial charge in [0.1, 0.15) is 11.6 Å². The summed E-state index contributed by atoms with van der Waals surface area (Å²) in [4.78, 5) is 44.6. The van der Waals surface area contributed by atoms with E-state index in [1.165, 1.54) is 0 Å². The van der Waals surface area contributed by atoms with E-state index in [-0.39, 0.29) is 49.6 Å². The summed E-state index contributed by atoms with van der Waals surface area (Å²) in [5.41, 5.74) is 0. The van der Waals surface area contributed by atoms with Gasteiger partial charge in [-0.2, -0.15) is 0 Å². The van der Waals surface area contributed by atoms with Crippen LogP contribution in [0.4, 0.5) is 0 Å². The summed E-state index contributed by atoms with van der Waals surface area (Å²) >= 11 is 0. The quantitative estimate of drug-likeness (QED) is 0.489. The van der Waals surface area contributed by atoms with Crippen molar-refractivity contribution in [2.45, 2.75) is 63.9 Å². The van der Waals surface area contributed by atoms with Gasteiger partial charge >= 0.3 is 11.9 Å². The number of ketones is 2. The highest BCUT2D eigenvalue weighted by Gasteiger charge is 2.41. The number of aliphatic hydroxyl groups excluding tert-OH is 1. The topological polar surface area (TPSA) is 129 Å². The van der Waals surface area contributed by atoms with Crippen molar-refractivity contribution in [3.05, 3.63) is 0 Å². The maximum Gasteiger partial charge on any atom is 0.303 e. The lowest BCUT2D eigenvalue weighted by molar-refractivity contribution is -0.138. The molecule has 0 aromatic carbocycles. The van der Waals surface area contributed by atoms with E-state index < -0.39 is 24.0 Å². The zero-order chi connectivity index (χ0) is 17.4. The molecule has 0 aromatic heterocycles. The van der Waals surface area contributed by atoms with Gasteiger partial charge in [0, 0.05) is 38.0 Å². The highest BCUT2D eigenvalue weighted by molar-refractivity contribution is 5.85. The van der Waals surface area contributed by atoms with Gasteiger partial charge in [0.25, 0.3) is 0 Å². The average molecular weight is 328 g/mol. The minimum absolute atomic E-state index is 0.0149. The van der Waals surface area contributed by atoms with Crippen LogP contribution in [0.1, 0.15) is 57.8 Å². The fourth-order valence-electron chi connectivity index (χ4n) is 3.11. The van der Waals surface area contributed by atoms with Crippen LogP contribution in [0.25, 0.3) is 0 Å². The van der Waals surface area contributed by atoms with Crippen LogP contribution in [-0.4, -0.2) is 44.9 Å². The Labute approximate surface area is 134 Å². The SMILES string of the molecule is O=C(O)CCCCC(=O)CC[C@H]1C(O)CC(=O)[C@@H]1CCC(=O)O. The van der Waals surface area contributed by atoms with Crippen LogP contribution in [0.2, 0.25) is 0 Å². The minimum atomic E-state index is -0.979. The number of carboxylic acid groups (broad SMARTS) is 2. The Hall–Kier alpha value is -1.76. The zero-order valence-corrected chi connectivity index (χ0v) is 13.1. The van der Waals surface area contributed by atoms with E-state index in [1.54, 1.807) is 0 Å². The van der Waals surface area contributed by atoms with Crippen molar-refractivity contribution in [3.8, 4) is 0 Å². The number of carboxylic acids is 2. The molecule has 1 aliphatic carbocycles. The van der Waals surface area contributed by atoms with Crippen molar-refractivity contribution in [2.75, 3.05) is 0 Å². The Morgan fingerprint density at radius 3 is 2.13 bits per heavy atom. The molecule has 1 rings (SSSR count). The smallest absolute Gasteiger partial charge is 0.303 e. The number of unbranched alkanes of at least 4 members (excludes halogenated alkanes) is 1. The Kier molecular flexibility index (Phi) is 7.88. The Bertz CT molecular complexity index is 457. The molecule has 23 heavy (non-hydrogen) atoms. The fraction of sp³-hybridized carbons (Fsp3) is 0.750. The van der Waals surface area contributed by atoms with Gasteiger partial charge in [-0.25, -0.2) is 0 Å². The number of carbonyl (C=O) groups excluding carboxylic acids is 2. The van der Waals surface area contributed by atoms with Crippen LogP contribution < -0.4 is 0 Å². The molecule has 7 heteroatoms. The standard InChI is InChI=1S/C16H24O7/c17-10(3-1-2-4-15(20)21)5-6-11-12(7-8-16(22)23)14(19)9-13(11)18/h11-13,18H,1-9H2,(H,20,21)(H,22,23)/t11-,12-,13?/m1/s1. The zero-order valence-electron chi connectivity index (χ0n) is 13.1. The minimum Gasteiger partial charge on any atom is -0.481 e. The van der Waals surface area contributed by atoms with Crippen molar-refractivity contribution in [2.24, 2.45) is 11.8 Å². The summed E-state index contributed by atoms with van der Waals surface area (Å²) in [5, 5.41) is 27.2. The largest absolute Gasteiger partial charge is 0.481 e. The summed E-state index contributed by atoms with van der Waals surface area (Å²) in [5.74, 6) is -2.85. The van der Waals surface area contributed by atoms with Gasteiger partial charge in [-0.05, 0) is 31.6 Å². The number of hydrogen-bond donors (Lipinski definition) is 3. The van der Waals surface area contributed by atoms with E-state index in [0.29, 0.717) is 25.7 Å². The second-order valence-electron chi connectivity index (χ2n) is 6.12. The molecule has 0 aromatic rings. The van der Waals surface area contributed by atoms with Crippen LogP contribution in [0.3, 0.4) is 0 Å². The van der Waals surface area contributed by atoms with Gasteiger partial charge in [-0.1, -0.05) is 0 Å². The van der Waals surface area contributed by atoms with Crippen LogP contribution in [0.15, 0.2) is 0 Å². The number of carbonyl (C=O) groups is 4. The van der Waals surface area contributed by atoms with Gasteiger partial charge in [0.05, 0.1) is 6.10 Å². The van der Waals surface area contributed by atoms with Crippen molar-refractivity contribution in [1.82, 2.24) is 0 Å². The third-order valence-corrected chi connectivity index (χ3v) is 4.36. The molecule has 0 radical (unpaired) electrons. The Morgan fingerprint density at radius 1 is 0.913 bits per heavy atom. The fourth-order valence-corrected chi connectivity index (χ4v) is 3.11. The van der Waals surface area contributed by atoms with E-state index >= 15 is 0 Å². The monoisotopic (exact) mass is 328 g/mol. The third kappa shape index (κ3) is 6.90. The summed E-state index contributed by atoms with van der Waals surface area (Å²) in [6.07, 6.45) is 1.20. The van der Waals surface area contributed by atoms with Crippen LogP contribution in [-0.2, 0) is 19.2 Å². The average Bonchev–Trinajstić information content (AvgIpc) is 2.72. The molecule has 0 bridgehead atoms. The Balaban J connectivity index is 2.37. The van der Waals surface area contributed by atoms with Crippen molar-refractivity contribution in [1.29, 1.82) is 0 Å². The molecule has 0 heterocycles. The highest BCUT2D eigenvalue weighted by atomic mass is 16.4. The molecular weight excluding hydrogens is 304 g/mol. The number of rotatable bonds is 11. The summed E-state index contributed by atoms with van der Waals surface area (Å²) < 4.78 is 0. The lowest BCUT2D eigenvalue weighted by Gasteiger charge is -2.20. The molecule has 3 atom stereocenters. The lowest BCUT2D eigenvalue weighted by Crippen LogP contribution is -2.22. The number of hydrogen-bond acceptors (Lipinski definition) is 5. The molecule has 0 saturated heterocycles. The molecule has 1 fully saturated rings. The maximum absolute atomic E-state index is 11.8. The first kappa shape index (κ1) is 19.3. The first-order valence-corrected chi connectivity index (χ1v) is 7.97.